The van der Waals surface area contributed by atoms with Gasteiger partial charge >= 0.3 is 0 Å². The smallest absolute Gasteiger partial charge is 0.241 e. The summed E-state index contributed by atoms with van der Waals surface area (Å²) < 4.78 is 38.0. The zero-order valence-electron chi connectivity index (χ0n) is 13.8. The van der Waals surface area contributed by atoms with Gasteiger partial charge in [-0.15, -0.1) is 0 Å². The van der Waals surface area contributed by atoms with Crippen LogP contribution in [0, 0.1) is 0 Å². The highest BCUT2D eigenvalue weighted by Crippen LogP contribution is 2.26. The molecule has 0 spiro atoms. The highest BCUT2D eigenvalue weighted by atomic mass is 32.2. The molecule has 2 aromatic carbocycles. The Morgan fingerprint density at radius 1 is 0.917 bits per heavy atom. The zero-order valence-corrected chi connectivity index (χ0v) is 14.6. The molecule has 0 aliphatic rings. The molecule has 2 aromatic rings. The molecule has 0 aromatic heterocycles. The second-order valence-corrected chi connectivity index (χ2v) is 6.95. The molecule has 0 unspecified atom stereocenters. The largest absolute Gasteiger partial charge is 0.382 e. The Morgan fingerprint density at radius 2 is 1.62 bits per heavy atom. The summed E-state index contributed by atoms with van der Waals surface area (Å²) in [5.74, 6) is 0. The first kappa shape index (κ1) is 18.6. The number of sulfonamides is 1. The van der Waals surface area contributed by atoms with Crippen molar-refractivity contribution in [2.24, 2.45) is 0 Å². The van der Waals surface area contributed by atoms with Crippen molar-refractivity contribution in [2.75, 3.05) is 33.5 Å². The second kappa shape index (κ2) is 9.54. The molecule has 0 saturated carbocycles. The lowest BCUT2D eigenvalue weighted by Gasteiger charge is -2.12. The molecule has 0 bridgehead atoms. The van der Waals surface area contributed by atoms with Gasteiger partial charge in [-0.25, -0.2) is 13.1 Å². The Kier molecular flexibility index (Phi) is 7.39. The van der Waals surface area contributed by atoms with Crippen molar-refractivity contribution in [1.29, 1.82) is 0 Å². The van der Waals surface area contributed by atoms with Gasteiger partial charge in [-0.1, -0.05) is 48.5 Å². The van der Waals surface area contributed by atoms with Crippen molar-refractivity contribution in [3.8, 4) is 11.1 Å². The van der Waals surface area contributed by atoms with E-state index in [1.807, 2.05) is 42.5 Å². The predicted molar refractivity (Wildman–Crippen MR) is 94.4 cm³/mol. The van der Waals surface area contributed by atoms with Crippen molar-refractivity contribution < 1.29 is 17.9 Å². The third kappa shape index (κ3) is 5.42. The molecule has 0 aliphatic heterocycles. The van der Waals surface area contributed by atoms with Gasteiger partial charge in [-0.3, -0.25) is 0 Å². The highest BCUT2D eigenvalue weighted by Gasteiger charge is 2.18. The van der Waals surface area contributed by atoms with Crippen LogP contribution in [0.15, 0.2) is 59.5 Å². The van der Waals surface area contributed by atoms with E-state index in [2.05, 4.69) is 4.72 Å². The maximum absolute atomic E-state index is 12.6. The number of benzene rings is 2. The maximum Gasteiger partial charge on any atom is 0.241 e. The summed E-state index contributed by atoms with van der Waals surface area (Å²) in [5.41, 5.74) is 1.57. The fourth-order valence-electron chi connectivity index (χ4n) is 2.26. The lowest BCUT2D eigenvalue weighted by molar-refractivity contribution is 0.0699. The van der Waals surface area contributed by atoms with Gasteiger partial charge in [0, 0.05) is 25.8 Å². The normalized spacial score (nSPS) is 11.5. The fourth-order valence-corrected chi connectivity index (χ4v) is 3.56. The minimum Gasteiger partial charge on any atom is -0.382 e. The Hall–Kier alpha value is -1.73. The lowest BCUT2D eigenvalue weighted by Crippen LogP contribution is -2.26. The van der Waals surface area contributed by atoms with Crippen LogP contribution in [-0.4, -0.2) is 41.9 Å². The third-order valence-electron chi connectivity index (χ3n) is 3.45. The van der Waals surface area contributed by atoms with Gasteiger partial charge in [0.05, 0.1) is 18.1 Å². The second-order valence-electron chi connectivity index (χ2n) is 5.22. The summed E-state index contributed by atoms with van der Waals surface area (Å²) in [5, 5.41) is 0. The van der Waals surface area contributed by atoms with E-state index in [1.54, 1.807) is 19.2 Å². The van der Waals surface area contributed by atoms with Crippen molar-refractivity contribution in [3.05, 3.63) is 54.6 Å². The van der Waals surface area contributed by atoms with Gasteiger partial charge in [-0.2, -0.15) is 0 Å². The maximum atomic E-state index is 12.6. The lowest BCUT2D eigenvalue weighted by atomic mass is 10.1. The van der Waals surface area contributed by atoms with E-state index in [-0.39, 0.29) is 4.90 Å². The minimum atomic E-state index is -3.57. The first-order valence-electron chi connectivity index (χ1n) is 7.86. The van der Waals surface area contributed by atoms with Crippen LogP contribution < -0.4 is 4.72 Å². The molecule has 0 aliphatic carbocycles. The molecule has 0 radical (unpaired) electrons. The van der Waals surface area contributed by atoms with Crippen LogP contribution in [-0.2, 0) is 19.5 Å². The van der Waals surface area contributed by atoms with Crippen molar-refractivity contribution >= 4 is 10.0 Å². The topological polar surface area (TPSA) is 64.6 Å². The first-order valence-corrected chi connectivity index (χ1v) is 9.34. The molecule has 1 N–H and O–H groups in total. The predicted octanol–water partition coefficient (Wildman–Crippen LogP) is 2.69. The fraction of sp³-hybridized carbons (Fsp3) is 0.333. The van der Waals surface area contributed by atoms with Crippen LogP contribution >= 0.6 is 0 Å². The number of hydrogen-bond acceptors (Lipinski definition) is 4. The Morgan fingerprint density at radius 3 is 2.38 bits per heavy atom. The number of hydrogen-bond donors (Lipinski definition) is 1. The molecule has 5 nitrogen and oxygen atoms in total. The molecule has 0 saturated heterocycles. The van der Waals surface area contributed by atoms with Crippen LogP contribution in [0.4, 0.5) is 0 Å². The molecule has 0 amide bonds. The van der Waals surface area contributed by atoms with Gasteiger partial charge in [0.1, 0.15) is 0 Å². The Balaban J connectivity index is 2.00. The van der Waals surface area contributed by atoms with Crippen LogP contribution in [0.2, 0.25) is 0 Å². The number of methoxy groups -OCH3 is 1. The van der Waals surface area contributed by atoms with E-state index >= 15 is 0 Å². The van der Waals surface area contributed by atoms with E-state index in [0.29, 0.717) is 38.3 Å². The monoisotopic (exact) mass is 349 g/mol. The number of rotatable bonds is 10. The average molecular weight is 349 g/mol. The summed E-state index contributed by atoms with van der Waals surface area (Å²) in [6.45, 7) is 1.88. The molecule has 2 rings (SSSR count). The molecule has 24 heavy (non-hydrogen) atoms. The average Bonchev–Trinajstić information content (AvgIpc) is 2.62. The van der Waals surface area contributed by atoms with Crippen LogP contribution in [0.1, 0.15) is 6.42 Å². The van der Waals surface area contributed by atoms with E-state index in [4.69, 9.17) is 9.47 Å². The summed E-state index contributed by atoms with van der Waals surface area (Å²) >= 11 is 0. The standard InChI is InChI=1S/C18H23NO4S/c1-22-14-15-23-13-7-12-19-24(20,21)18-11-6-5-10-17(18)16-8-3-2-4-9-16/h2-6,8-11,19H,7,12-15H2,1H3. The molecular weight excluding hydrogens is 326 g/mol. The Bertz CT molecular complexity index is 717. The first-order chi connectivity index (χ1) is 11.6. The van der Waals surface area contributed by atoms with Gasteiger partial charge in [-0.05, 0) is 18.1 Å². The van der Waals surface area contributed by atoms with Crippen LogP contribution in [0.3, 0.4) is 0 Å². The summed E-state index contributed by atoms with van der Waals surface area (Å²) in [7, 11) is -1.95. The highest BCUT2D eigenvalue weighted by molar-refractivity contribution is 7.89. The van der Waals surface area contributed by atoms with Gasteiger partial charge in [0.2, 0.25) is 10.0 Å². The molecule has 0 heterocycles. The third-order valence-corrected chi connectivity index (χ3v) is 4.97. The molecule has 0 fully saturated rings. The number of ether oxygens (including phenoxy) is 2. The molecule has 6 heteroatoms. The van der Waals surface area contributed by atoms with E-state index in [1.165, 1.54) is 0 Å². The zero-order chi connectivity index (χ0) is 17.3. The van der Waals surface area contributed by atoms with Gasteiger partial charge in [0.25, 0.3) is 0 Å². The van der Waals surface area contributed by atoms with Crippen molar-refractivity contribution in [1.82, 2.24) is 4.72 Å². The SMILES string of the molecule is COCCOCCCNS(=O)(=O)c1ccccc1-c1ccccc1. The summed E-state index contributed by atoms with van der Waals surface area (Å²) in [4.78, 5) is 0.288. The Labute approximate surface area is 143 Å². The van der Waals surface area contributed by atoms with Gasteiger partial charge in [0.15, 0.2) is 0 Å². The quantitative estimate of drug-likeness (QED) is 0.670. The molecule has 130 valence electrons. The molecule has 0 atom stereocenters. The van der Waals surface area contributed by atoms with E-state index in [0.717, 1.165) is 5.56 Å². The van der Waals surface area contributed by atoms with E-state index < -0.39 is 10.0 Å². The molecular formula is C18H23NO4S. The van der Waals surface area contributed by atoms with Crippen LogP contribution in [0.5, 0.6) is 0 Å². The van der Waals surface area contributed by atoms with E-state index in [9.17, 15) is 8.42 Å². The van der Waals surface area contributed by atoms with Crippen molar-refractivity contribution in [2.45, 2.75) is 11.3 Å². The van der Waals surface area contributed by atoms with Crippen molar-refractivity contribution in [3.63, 3.8) is 0 Å². The van der Waals surface area contributed by atoms with Crippen LogP contribution in [0.25, 0.3) is 11.1 Å². The summed E-state index contributed by atoms with van der Waals surface area (Å²) in [6.07, 6.45) is 0.608. The minimum absolute atomic E-state index is 0.288. The number of nitrogens with one attached hydrogen (secondary N) is 1. The summed E-state index contributed by atoms with van der Waals surface area (Å²) in [6, 6.07) is 16.5. The van der Waals surface area contributed by atoms with Gasteiger partial charge < -0.3 is 9.47 Å².